The van der Waals surface area contributed by atoms with Crippen LogP contribution in [0.2, 0.25) is 0 Å². The predicted octanol–water partition coefficient (Wildman–Crippen LogP) is 3.74. The zero-order valence-corrected chi connectivity index (χ0v) is 15.1. The molecule has 2 rings (SSSR count). The van der Waals surface area contributed by atoms with Gasteiger partial charge in [0, 0.05) is 18.9 Å². The summed E-state index contributed by atoms with van der Waals surface area (Å²) in [4.78, 5) is 16.3. The largest absolute Gasteiger partial charge is 0.355 e. The van der Waals surface area contributed by atoms with Crippen LogP contribution >= 0.6 is 11.8 Å². The Hall–Kier alpha value is -1.75. The second-order valence-electron chi connectivity index (χ2n) is 6.19. The summed E-state index contributed by atoms with van der Waals surface area (Å²) in [6.07, 6.45) is 4.72. The van der Waals surface area contributed by atoms with Gasteiger partial charge in [0.1, 0.15) is 0 Å². The van der Waals surface area contributed by atoms with E-state index in [1.807, 2.05) is 10.8 Å². The maximum absolute atomic E-state index is 11.9. The Balaban J connectivity index is 1.97. The van der Waals surface area contributed by atoms with Gasteiger partial charge in [-0.2, -0.15) is 0 Å². The second kappa shape index (κ2) is 8.20. The lowest BCUT2D eigenvalue weighted by atomic mass is 10.1. The van der Waals surface area contributed by atoms with Crippen molar-refractivity contribution in [2.45, 2.75) is 39.3 Å². The number of carbonyl (C=O) groups excluding carboxylic acids is 1. The van der Waals surface area contributed by atoms with Crippen molar-refractivity contribution in [3.05, 3.63) is 41.7 Å². The van der Waals surface area contributed by atoms with Gasteiger partial charge in [0.15, 0.2) is 5.16 Å². The molecule has 0 aliphatic heterocycles. The van der Waals surface area contributed by atoms with Crippen LogP contribution in [0.3, 0.4) is 0 Å². The first-order valence-electron chi connectivity index (χ1n) is 7.98. The van der Waals surface area contributed by atoms with Crippen LogP contribution in [0.15, 0.2) is 35.7 Å². The van der Waals surface area contributed by atoms with Gasteiger partial charge < -0.3 is 5.32 Å². The number of benzene rings is 1. The van der Waals surface area contributed by atoms with Crippen molar-refractivity contribution in [1.82, 2.24) is 14.9 Å². The van der Waals surface area contributed by atoms with Gasteiger partial charge >= 0.3 is 0 Å². The molecule has 0 saturated carbocycles. The minimum atomic E-state index is 0.0610. The quantitative estimate of drug-likeness (QED) is 0.786. The maximum Gasteiger partial charge on any atom is 0.230 e. The van der Waals surface area contributed by atoms with E-state index in [0.29, 0.717) is 11.7 Å². The van der Waals surface area contributed by atoms with Crippen molar-refractivity contribution >= 4 is 17.7 Å². The number of nitrogens with zero attached hydrogens (tertiary/aromatic N) is 2. The van der Waals surface area contributed by atoms with Crippen molar-refractivity contribution in [1.29, 1.82) is 0 Å². The number of aromatic nitrogens is 2. The van der Waals surface area contributed by atoms with Gasteiger partial charge in [-0.25, -0.2) is 4.98 Å². The topological polar surface area (TPSA) is 46.9 Å². The third-order valence-corrected chi connectivity index (χ3v) is 4.56. The van der Waals surface area contributed by atoms with E-state index in [9.17, 15) is 4.79 Å². The Kier molecular flexibility index (Phi) is 6.28. The molecule has 1 aromatic carbocycles. The summed E-state index contributed by atoms with van der Waals surface area (Å²) in [5.41, 5.74) is 3.55. The molecule has 1 amide bonds. The van der Waals surface area contributed by atoms with Crippen LogP contribution in [0.1, 0.15) is 31.4 Å². The van der Waals surface area contributed by atoms with E-state index >= 15 is 0 Å². The first kappa shape index (κ1) is 17.6. The molecule has 23 heavy (non-hydrogen) atoms. The van der Waals surface area contributed by atoms with Gasteiger partial charge in [0.2, 0.25) is 5.91 Å². The molecule has 0 aliphatic rings. The number of thioether (sulfide) groups is 1. The lowest BCUT2D eigenvalue weighted by Gasteiger charge is -2.11. The molecular weight excluding hydrogens is 306 g/mol. The fourth-order valence-corrected chi connectivity index (χ4v) is 3.13. The van der Waals surface area contributed by atoms with Gasteiger partial charge in [-0.05, 0) is 37.8 Å². The highest BCUT2D eigenvalue weighted by molar-refractivity contribution is 7.99. The van der Waals surface area contributed by atoms with Gasteiger partial charge in [0.25, 0.3) is 0 Å². The number of amides is 1. The molecule has 0 aliphatic carbocycles. The summed E-state index contributed by atoms with van der Waals surface area (Å²) in [5.74, 6) is 1.05. The van der Waals surface area contributed by atoms with Gasteiger partial charge in [-0.1, -0.05) is 43.3 Å². The molecule has 1 heterocycles. The van der Waals surface area contributed by atoms with E-state index in [1.165, 1.54) is 22.9 Å². The Bertz CT molecular complexity index is 664. The number of hydrogen-bond acceptors (Lipinski definition) is 3. The zero-order valence-electron chi connectivity index (χ0n) is 14.3. The molecule has 0 unspecified atom stereocenters. The lowest BCUT2D eigenvalue weighted by molar-refractivity contribution is -0.118. The Morgan fingerprint density at radius 2 is 2.13 bits per heavy atom. The summed E-state index contributed by atoms with van der Waals surface area (Å²) < 4.78 is 2.04. The van der Waals surface area contributed by atoms with Crippen molar-refractivity contribution in [2.75, 3.05) is 12.3 Å². The monoisotopic (exact) mass is 331 g/mol. The average Bonchev–Trinajstić information content (AvgIpc) is 2.93. The molecule has 1 aromatic heterocycles. The molecule has 4 nitrogen and oxygen atoms in total. The Labute approximate surface area is 142 Å². The third-order valence-electron chi connectivity index (χ3n) is 3.59. The number of aryl methyl sites for hydroxylation is 2. The number of carbonyl (C=O) groups is 1. The summed E-state index contributed by atoms with van der Waals surface area (Å²) >= 11 is 1.47. The van der Waals surface area contributed by atoms with Crippen LogP contribution in [0.5, 0.6) is 0 Å². The fourth-order valence-electron chi connectivity index (χ4n) is 2.34. The molecule has 5 heteroatoms. The molecule has 0 saturated heterocycles. The molecule has 0 radical (unpaired) electrons. The van der Waals surface area contributed by atoms with Crippen LogP contribution in [0.4, 0.5) is 0 Å². The zero-order chi connectivity index (χ0) is 16.8. The molecule has 0 atom stereocenters. The number of hydrogen-bond donors (Lipinski definition) is 1. The molecule has 1 N–H and O–H groups in total. The fraction of sp³-hybridized carbons (Fsp3) is 0.444. The predicted molar refractivity (Wildman–Crippen MR) is 96.2 cm³/mol. The molecule has 0 fully saturated rings. The first-order valence-corrected chi connectivity index (χ1v) is 8.96. The lowest BCUT2D eigenvalue weighted by Crippen LogP contribution is -2.27. The second-order valence-corrected chi connectivity index (χ2v) is 7.13. The highest BCUT2D eigenvalue weighted by Gasteiger charge is 2.10. The van der Waals surface area contributed by atoms with E-state index in [0.717, 1.165) is 23.8 Å². The average molecular weight is 331 g/mol. The summed E-state index contributed by atoms with van der Waals surface area (Å²) in [5, 5.41) is 3.80. The SMILES string of the molecule is Cc1ccc(-n2ccnc2SCC(=O)NCCC(C)C)c(C)c1. The molecule has 0 bridgehead atoms. The van der Waals surface area contributed by atoms with Crippen molar-refractivity contribution in [3.8, 4) is 5.69 Å². The summed E-state index contributed by atoms with van der Waals surface area (Å²) in [6, 6.07) is 6.34. The molecule has 0 spiro atoms. The van der Waals surface area contributed by atoms with Crippen molar-refractivity contribution in [2.24, 2.45) is 5.92 Å². The van der Waals surface area contributed by atoms with E-state index in [4.69, 9.17) is 0 Å². The van der Waals surface area contributed by atoms with Crippen LogP contribution in [-0.2, 0) is 4.79 Å². The molecule has 124 valence electrons. The van der Waals surface area contributed by atoms with Gasteiger partial charge in [0.05, 0.1) is 11.4 Å². The van der Waals surface area contributed by atoms with Gasteiger partial charge in [-0.3, -0.25) is 9.36 Å². The summed E-state index contributed by atoms with van der Waals surface area (Å²) in [6.45, 7) is 9.23. The molecular formula is C18H25N3OS. The standard InChI is InChI=1S/C18H25N3OS/c1-13(2)7-8-19-17(22)12-23-18-20-9-10-21(18)16-6-5-14(3)11-15(16)4/h5-6,9-11,13H,7-8,12H2,1-4H3,(H,19,22). The van der Waals surface area contributed by atoms with E-state index in [1.54, 1.807) is 6.20 Å². The summed E-state index contributed by atoms with van der Waals surface area (Å²) in [7, 11) is 0. The van der Waals surface area contributed by atoms with E-state index in [-0.39, 0.29) is 5.91 Å². The van der Waals surface area contributed by atoms with E-state index < -0.39 is 0 Å². The van der Waals surface area contributed by atoms with Crippen LogP contribution < -0.4 is 5.32 Å². The van der Waals surface area contributed by atoms with Crippen LogP contribution in [0, 0.1) is 19.8 Å². The molecule has 2 aromatic rings. The van der Waals surface area contributed by atoms with Crippen LogP contribution in [0.25, 0.3) is 5.69 Å². The normalized spacial score (nSPS) is 11.0. The smallest absolute Gasteiger partial charge is 0.230 e. The number of imidazole rings is 1. The first-order chi connectivity index (χ1) is 11.0. The highest BCUT2D eigenvalue weighted by atomic mass is 32.2. The maximum atomic E-state index is 11.9. The van der Waals surface area contributed by atoms with Gasteiger partial charge in [-0.15, -0.1) is 0 Å². The van der Waals surface area contributed by atoms with Crippen molar-refractivity contribution in [3.63, 3.8) is 0 Å². The minimum Gasteiger partial charge on any atom is -0.355 e. The van der Waals surface area contributed by atoms with Crippen LogP contribution in [-0.4, -0.2) is 27.8 Å². The third kappa shape index (κ3) is 5.13. The minimum absolute atomic E-state index is 0.0610. The number of rotatable bonds is 7. The Morgan fingerprint density at radius 1 is 1.35 bits per heavy atom. The highest BCUT2D eigenvalue weighted by Crippen LogP contribution is 2.23. The number of nitrogens with one attached hydrogen (secondary N) is 1. The van der Waals surface area contributed by atoms with E-state index in [2.05, 4.69) is 56.2 Å². The van der Waals surface area contributed by atoms with Crippen molar-refractivity contribution < 1.29 is 4.79 Å². The Morgan fingerprint density at radius 3 is 2.83 bits per heavy atom.